The van der Waals surface area contributed by atoms with Crippen LogP contribution in [0.3, 0.4) is 0 Å². The van der Waals surface area contributed by atoms with Gasteiger partial charge in [0, 0.05) is 0 Å². The number of benzene rings is 2. The molecule has 0 unspecified atom stereocenters. The van der Waals surface area contributed by atoms with Gasteiger partial charge in [-0.05, 0) is 54.8 Å². The largest absolute Gasteiger partial charge is 0.496 e. The van der Waals surface area contributed by atoms with E-state index in [2.05, 4.69) is 10.5 Å². The lowest BCUT2D eigenvalue weighted by atomic mass is 10.0. The Morgan fingerprint density at radius 3 is 2.59 bits per heavy atom. The molecule has 2 aromatic carbocycles. The number of ether oxygens (including phenoxy) is 1. The van der Waals surface area contributed by atoms with Gasteiger partial charge in [-0.25, -0.2) is 5.43 Å². The third-order valence-corrected chi connectivity index (χ3v) is 3.82. The minimum atomic E-state index is -0.343. The fraction of sp³-hybridized carbons (Fsp3) is 0.176. The lowest BCUT2D eigenvalue weighted by Gasteiger charge is -2.09. The SMILES string of the molecule is COc1ccc(/C=N/NC(=O)c2ccccc2Cl)c(C)c1C. The molecule has 0 aliphatic rings. The molecule has 1 amide bonds. The van der Waals surface area contributed by atoms with E-state index in [1.54, 1.807) is 37.6 Å². The zero-order chi connectivity index (χ0) is 16.1. The van der Waals surface area contributed by atoms with Crippen LogP contribution in [0.4, 0.5) is 0 Å². The minimum absolute atomic E-state index is 0.343. The minimum Gasteiger partial charge on any atom is -0.496 e. The lowest BCUT2D eigenvalue weighted by molar-refractivity contribution is 0.0955. The van der Waals surface area contributed by atoms with Crippen molar-refractivity contribution in [2.75, 3.05) is 7.11 Å². The Morgan fingerprint density at radius 1 is 1.18 bits per heavy atom. The number of halogens is 1. The van der Waals surface area contributed by atoms with Crippen LogP contribution in [0.5, 0.6) is 5.75 Å². The Kier molecular flexibility index (Phi) is 5.17. The van der Waals surface area contributed by atoms with Gasteiger partial charge in [0.15, 0.2) is 0 Å². The van der Waals surface area contributed by atoms with Crippen LogP contribution in [0.2, 0.25) is 5.02 Å². The molecule has 1 N–H and O–H groups in total. The number of nitrogens with one attached hydrogen (secondary N) is 1. The second kappa shape index (κ2) is 7.09. The first-order valence-corrected chi connectivity index (χ1v) is 7.14. The van der Waals surface area contributed by atoms with Crippen LogP contribution in [0, 0.1) is 13.8 Å². The van der Waals surface area contributed by atoms with E-state index in [9.17, 15) is 4.79 Å². The Morgan fingerprint density at radius 2 is 1.91 bits per heavy atom. The monoisotopic (exact) mass is 316 g/mol. The first kappa shape index (κ1) is 16.0. The number of carbonyl (C=O) groups is 1. The second-order valence-electron chi connectivity index (χ2n) is 4.79. The topological polar surface area (TPSA) is 50.7 Å². The molecule has 0 bridgehead atoms. The summed E-state index contributed by atoms with van der Waals surface area (Å²) in [6.45, 7) is 3.96. The molecule has 0 aliphatic heterocycles. The van der Waals surface area contributed by atoms with Crippen LogP contribution < -0.4 is 10.2 Å². The van der Waals surface area contributed by atoms with Gasteiger partial charge in [0.25, 0.3) is 5.91 Å². The highest BCUT2D eigenvalue weighted by atomic mass is 35.5. The average molecular weight is 317 g/mol. The average Bonchev–Trinajstić information content (AvgIpc) is 2.52. The molecule has 0 fully saturated rings. The molecule has 0 saturated carbocycles. The van der Waals surface area contributed by atoms with Crippen LogP contribution in [-0.4, -0.2) is 19.2 Å². The van der Waals surface area contributed by atoms with Crippen molar-refractivity contribution in [2.45, 2.75) is 13.8 Å². The van der Waals surface area contributed by atoms with E-state index >= 15 is 0 Å². The molecular formula is C17H17ClN2O2. The van der Waals surface area contributed by atoms with Crippen molar-refractivity contribution >= 4 is 23.7 Å². The number of rotatable bonds is 4. The van der Waals surface area contributed by atoms with E-state index in [1.807, 2.05) is 26.0 Å². The number of hydrazone groups is 1. The van der Waals surface area contributed by atoms with E-state index in [0.29, 0.717) is 10.6 Å². The molecule has 0 atom stereocenters. The molecule has 0 heterocycles. The molecule has 2 aromatic rings. The summed E-state index contributed by atoms with van der Waals surface area (Å²) in [7, 11) is 1.64. The van der Waals surface area contributed by atoms with Crippen molar-refractivity contribution < 1.29 is 9.53 Å². The molecule has 0 radical (unpaired) electrons. The van der Waals surface area contributed by atoms with Crippen molar-refractivity contribution in [1.82, 2.24) is 5.43 Å². The van der Waals surface area contributed by atoms with Crippen LogP contribution in [0.1, 0.15) is 27.0 Å². The molecule has 5 heteroatoms. The number of hydrogen-bond acceptors (Lipinski definition) is 3. The fourth-order valence-electron chi connectivity index (χ4n) is 2.04. The van der Waals surface area contributed by atoms with Gasteiger partial charge in [-0.2, -0.15) is 5.10 Å². The summed E-state index contributed by atoms with van der Waals surface area (Å²) in [6, 6.07) is 10.6. The summed E-state index contributed by atoms with van der Waals surface area (Å²) in [5.74, 6) is 0.486. The standard InChI is InChI=1S/C17H17ClN2O2/c1-11-12(2)16(22-3)9-8-13(11)10-19-20-17(21)14-6-4-5-7-15(14)18/h4-10H,1-3H3,(H,20,21)/b19-10+. The summed E-state index contributed by atoms with van der Waals surface area (Å²) in [5.41, 5.74) is 5.88. The first-order valence-electron chi connectivity index (χ1n) is 6.76. The Labute approximate surface area is 134 Å². The molecule has 0 spiro atoms. The van der Waals surface area contributed by atoms with Crippen LogP contribution >= 0.6 is 11.6 Å². The molecular weight excluding hydrogens is 300 g/mol. The van der Waals surface area contributed by atoms with Crippen molar-refractivity contribution in [3.63, 3.8) is 0 Å². The van der Waals surface area contributed by atoms with Crippen molar-refractivity contribution in [1.29, 1.82) is 0 Å². The van der Waals surface area contributed by atoms with Gasteiger partial charge in [0.2, 0.25) is 0 Å². The molecule has 2 rings (SSSR count). The van der Waals surface area contributed by atoms with E-state index in [4.69, 9.17) is 16.3 Å². The third-order valence-electron chi connectivity index (χ3n) is 3.49. The number of methoxy groups -OCH3 is 1. The van der Waals surface area contributed by atoms with Gasteiger partial charge < -0.3 is 4.74 Å². The smallest absolute Gasteiger partial charge is 0.272 e. The predicted molar refractivity (Wildman–Crippen MR) is 89.0 cm³/mol. The van der Waals surface area contributed by atoms with Gasteiger partial charge in [0.05, 0.1) is 23.9 Å². The molecule has 0 saturated heterocycles. The normalized spacial score (nSPS) is 10.7. The van der Waals surface area contributed by atoms with E-state index < -0.39 is 0 Å². The highest BCUT2D eigenvalue weighted by molar-refractivity contribution is 6.33. The fourth-order valence-corrected chi connectivity index (χ4v) is 2.27. The summed E-state index contributed by atoms with van der Waals surface area (Å²) < 4.78 is 5.27. The van der Waals surface area contributed by atoms with E-state index in [-0.39, 0.29) is 5.91 Å². The first-order chi connectivity index (χ1) is 10.5. The molecule has 22 heavy (non-hydrogen) atoms. The van der Waals surface area contributed by atoms with E-state index in [1.165, 1.54) is 0 Å². The predicted octanol–water partition coefficient (Wildman–Crippen LogP) is 3.73. The molecule has 4 nitrogen and oxygen atoms in total. The maximum atomic E-state index is 12.0. The maximum Gasteiger partial charge on any atom is 0.272 e. The summed E-state index contributed by atoms with van der Waals surface area (Å²) >= 11 is 5.97. The number of amides is 1. The van der Waals surface area contributed by atoms with Gasteiger partial charge in [0.1, 0.15) is 5.75 Å². The number of hydrogen-bond donors (Lipinski definition) is 1. The highest BCUT2D eigenvalue weighted by Gasteiger charge is 2.08. The second-order valence-corrected chi connectivity index (χ2v) is 5.19. The number of carbonyl (C=O) groups excluding carboxylic acids is 1. The van der Waals surface area contributed by atoms with Crippen molar-refractivity contribution in [3.8, 4) is 5.75 Å². The molecule has 0 aliphatic carbocycles. The molecule has 114 valence electrons. The maximum absolute atomic E-state index is 12.0. The van der Waals surface area contributed by atoms with Crippen LogP contribution in [0.25, 0.3) is 0 Å². The lowest BCUT2D eigenvalue weighted by Crippen LogP contribution is -2.18. The van der Waals surface area contributed by atoms with Crippen molar-refractivity contribution in [3.05, 3.63) is 63.7 Å². The zero-order valence-corrected chi connectivity index (χ0v) is 13.4. The zero-order valence-electron chi connectivity index (χ0n) is 12.7. The van der Waals surface area contributed by atoms with Crippen LogP contribution in [-0.2, 0) is 0 Å². The van der Waals surface area contributed by atoms with Crippen LogP contribution in [0.15, 0.2) is 41.5 Å². The van der Waals surface area contributed by atoms with E-state index in [0.717, 1.165) is 22.4 Å². The van der Waals surface area contributed by atoms with Crippen molar-refractivity contribution in [2.24, 2.45) is 5.10 Å². The third kappa shape index (κ3) is 3.46. The molecule has 0 aromatic heterocycles. The van der Waals surface area contributed by atoms with Gasteiger partial charge >= 0.3 is 0 Å². The highest BCUT2D eigenvalue weighted by Crippen LogP contribution is 2.22. The van der Waals surface area contributed by atoms with Gasteiger partial charge in [-0.3, -0.25) is 4.79 Å². The Hall–Kier alpha value is -2.33. The Bertz CT molecular complexity index is 727. The quantitative estimate of drug-likeness (QED) is 0.690. The summed E-state index contributed by atoms with van der Waals surface area (Å²) in [5, 5.41) is 4.39. The Balaban J connectivity index is 2.12. The summed E-state index contributed by atoms with van der Waals surface area (Å²) in [4.78, 5) is 12.0. The van der Waals surface area contributed by atoms with Gasteiger partial charge in [-0.15, -0.1) is 0 Å². The van der Waals surface area contributed by atoms with Gasteiger partial charge in [-0.1, -0.05) is 23.7 Å². The number of nitrogens with zero attached hydrogens (tertiary/aromatic N) is 1. The summed E-state index contributed by atoms with van der Waals surface area (Å²) in [6.07, 6.45) is 1.61.